The molecule has 0 aliphatic heterocycles. The Hall–Kier alpha value is -0.590. The van der Waals surface area contributed by atoms with E-state index in [9.17, 15) is 4.79 Å². The molecule has 0 spiro atoms. The zero-order valence-corrected chi connectivity index (χ0v) is 9.25. The van der Waals surface area contributed by atoms with Crippen LogP contribution in [0.2, 0.25) is 0 Å². The standard InChI is InChI=1S/C13H20O/c1-8(2)13(14)9(3)4-10-5-11-7-12(11)6-10/h9-12H,1,4-7H2,2-3H3/t9-,10-,11-,12+/m0/s1. The molecule has 14 heavy (non-hydrogen) atoms. The summed E-state index contributed by atoms with van der Waals surface area (Å²) in [7, 11) is 0. The second-order valence-electron chi connectivity index (χ2n) is 5.37. The highest BCUT2D eigenvalue weighted by Crippen LogP contribution is 2.55. The molecule has 0 N–H and O–H groups in total. The van der Waals surface area contributed by atoms with E-state index >= 15 is 0 Å². The first-order chi connectivity index (χ1) is 6.58. The molecule has 2 rings (SSSR count). The predicted octanol–water partition coefficient (Wildman–Crippen LogP) is 3.20. The summed E-state index contributed by atoms with van der Waals surface area (Å²) >= 11 is 0. The number of carbonyl (C=O) groups excluding carboxylic acids is 1. The predicted molar refractivity (Wildman–Crippen MR) is 57.9 cm³/mol. The van der Waals surface area contributed by atoms with Crippen molar-refractivity contribution in [2.24, 2.45) is 23.7 Å². The normalized spacial score (nSPS) is 36.3. The summed E-state index contributed by atoms with van der Waals surface area (Å²) in [5.74, 6) is 3.37. The van der Waals surface area contributed by atoms with Crippen LogP contribution in [0.1, 0.15) is 39.5 Å². The highest BCUT2D eigenvalue weighted by Gasteiger charge is 2.45. The Bertz CT molecular complexity index is 256. The molecule has 4 atom stereocenters. The second-order valence-corrected chi connectivity index (χ2v) is 5.37. The molecular weight excluding hydrogens is 172 g/mol. The van der Waals surface area contributed by atoms with Crippen molar-refractivity contribution in [1.29, 1.82) is 0 Å². The van der Waals surface area contributed by atoms with Gasteiger partial charge in [0.25, 0.3) is 0 Å². The van der Waals surface area contributed by atoms with Gasteiger partial charge in [-0.2, -0.15) is 0 Å². The van der Waals surface area contributed by atoms with Gasteiger partial charge in [0.1, 0.15) is 0 Å². The van der Waals surface area contributed by atoms with Gasteiger partial charge in [-0.25, -0.2) is 0 Å². The summed E-state index contributed by atoms with van der Waals surface area (Å²) in [5, 5.41) is 0. The molecule has 0 aromatic heterocycles. The lowest BCUT2D eigenvalue weighted by Crippen LogP contribution is -2.15. The zero-order chi connectivity index (χ0) is 10.3. The SMILES string of the molecule is C=C(C)C(=O)[C@@H](C)C[C@@H]1C[C@@H]2C[C@@H]2C1. The Labute approximate surface area is 86.6 Å². The minimum absolute atomic E-state index is 0.204. The first-order valence-electron chi connectivity index (χ1n) is 5.77. The quantitative estimate of drug-likeness (QED) is 0.625. The van der Waals surface area contributed by atoms with Gasteiger partial charge >= 0.3 is 0 Å². The third-order valence-electron chi connectivity index (χ3n) is 3.90. The minimum atomic E-state index is 0.204. The Balaban J connectivity index is 1.79. The van der Waals surface area contributed by atoms with Gasteiger partial charge in [-0.05, 0) is 55.9 Å². The van der Waals surface area contributed by atoms with E-state index in [1.54, 1.807) is 0 Å². The van der Waals surface area contributed by atoms with E-state index < -0.39 is 0 Å². The average Bonchev–Trinajstić information content (AvgIpc) is 2.73. The summed E-state index contributed by atoms with van der Waals surface area (Å²) in [6.07, 6.45) is 5.34. The van der Waals surface area contributed by atoms with Gasteiger partial charge in [-0.3, -0.25) is 4.79 Å². The van der Waals surface area contributed by atoms with Crippen LogP contribution in [0.4, 0.5) is 0 Å². The van der Waals surface area contributed by atoms with Crippen LogP contribution in [-0.4, -0.2) is 5.78 Å². The fraction of sp³-hybridized carbons (Fsp3) is 0.769. The van der Waals surface area contributed by atoms with E-state index in [0.717, 1.165) is 29.7 Å². The van der Waals surface area contributed by atoms with Crippen molar-refractivity contribution in [2.75, 3.05) is 0 Å². The average molecular weight is 192 g/mol. The van der Waals surface area contributed by atoms with Gasteiger partial charge in [0.2, 0.25) is 0 Å². The van der Waals surface area contributed by atoms with Crippen molar-refractivity contribution in [2.45, 2.75) is 39.5 Å². The van der Waals surface area contributed by atoms with Gasteiger partial charge < -0.3 is 0 Å². The molecule has 0 radical (unpaired) electrons. The fourth-order valence-corrected chi connectivity index (χ4v) is 3.06. The fourth-order valence-electron chi connectivity index (χ4n) is 3.06. The van der Waals surface area contributed by atoms with Gasteiger partial charge in [-0.1, -0.05) is 13.5 Å². The lowest BCUT2D eigenvalue weighted by molar-refractivity contribution is -0.119. The molecule has 78 valence electrons. The molecule has 2 saturated carbocycles. The molecule has 2 aliphatic rings. The van der Waals surface area contributed by atoms with Crippen molar-refractivity contribution < 1.29 is 4.79 Å². The smallest absolute Gasteiger partial charge is 0.160 e. The van der Waals surface area contributed by atoms with Crippen LogP contribution >= 0.6 is 0 Å². The monoisotopic (exact) mass is 192 g/mol. The Kier molecular flexibility index (Phi) is 2.50. The van der Waals surface area contributed by atoms with Crippen LogP contribution in [0.25, 0.3) is 0 Å². The maximum atomic E-state index is 11.6. The number of rotatable bonds is 4. The molecule has 0 aromatic carbocycles. The highest BCUT2D eigenvalue weighted by atomic mass is 16.1. The summed E-state index contributed by atoms with van der Waals surface area (Å²) in [6, 6.07) is 0. The maximum Gasteiger partial charge on any atom is 0.160 e. The van der Waals surface area contributed by atoms with Crippen LogP contribution in [0.3, 0.4) is 0 Å². The van der Waals surface area contributed by atoms with Crippen molar-refractivity contribution in [3.05, 3.63) is 12.2 Å². The van der Waals surface area contributed by atoms with Crippen molar-refractivity contribution >= 4 is 5.78 Å². The summed E-state index contributed by atoms with van der Waals surface area (Å²) in [6.45, 7) is 7.61. The third-order valence-corrected chi connectivity index (χ3v) is 3.90. The molecule has 0 bridgehead atoms. The van der Waals surface area contributed by atoms with Gasteiger partial charge in [0.05, 0.1) is 0 Å². The molecule has 0 amide bonds. The van der Waals surface area contributed by atoms with Crippen LogP contribution in [-0.2, 0) is 4.79 Å². The number of carbonyl (C=O) groups is 1. The van der Waals surface area contributed by atoms with E-state index in [1.807, 2.05) is 6.92 Å². The Morgan fingerprint density at radius 1 is 1.36 bits per heavy atom. The number of hydrogen-bond acceptors (Lipinski definition) is 1. The molecule has 0 saturated heterocycles. The summed E-state index contributed by atoms with van der Waals surface area (Å²) in [5.41, 5.74) is 0.723. The van der Waals surface area contributed by atoms with Gasteiger partial charge in [-0.15, -0.1) is 0 Å². The topological polar surface area (TPSA) is 17.1 Å². The summed E-state index contributed by atoms with van der Waals surface area (Å²) in [4.78, 5) is 11.6. The van der Waals surface area contributed by atoms with Gasteiger partial charge in [0, 0.05) is 5.92 Å². The van der Waals surface area contributed by atoms with Crippen molar-refractivity contribution in [3.63, 3.8) is 0 Å². The molecular formula is C13H20O. The minimum Gasteiger partial charge on any atom is -0.294 e. The first-order valence-corrected chi connectivity index (χ1v) is 5.77. The van der Waals surface area contributed by atoms with Crippen molar-refractivity contribution in [3.8, 4) is 0 Å². The van der Waals surface area contributed by atoms with Gasteiger partial charge in [0.15, 0.2) is 5.78 Å². The number of hydrogen-bond donors (Lipinski definition) is 0. The number of fused-ring (bicyclic) bond motifs is 1. The Morgan fingerprint density at radius 2 is 1.93 bits per heavy atom. The number of ketones is 1. The van der Waals surface area contributed by atoms with E-state index in [1.165, 1.54) is 19.3 Å². The largest absolute Gasteiger partial charge is 0.294 e. The van der Waals surface area contributed by atoms with E-state index in [0.29, 0.717) is 0 Å². The van der Waals surface area contributed by atoms with E-state index in [2.05, 4.69) is 13.5 Å². The van der Waals surface area contributed by atoms with E-state index in [4.69, 9.17) is 0 Å². The molecule has 2 fully saturated rings. The summed E-state index contributed by atoms with van der Waals surface area (Å²) < 4.78 is 0. The van der Waals surface area contributed by atoms with Crippen LogP contribution in [0.15, 0.2) is 12.2 Å². The van der Waals surface area contributed by atoms with Crippen LogP contribution in [0.5, 0.6) is 0 Å². The molecule has 0 unspecified atom stereocenters. The van der Waals surface area contributed by atoms with Crippen LogP contribution in [0, 0.1) is 23.7 Å². The molecule has 1 heteroatoms. The third kappa shape index (κ3) is 1.92. The van der Waals surface area contributed by atoms with Crippen LogP contribution < -0.4 is 0 Å². The molecule has 0 aromatic rings. The molecule has 0 heterocycles. The highest BCUT2D eigenvalue weighted by molar-refractivity contribution is 5.95. The number of Topliss-reactive ketones (excluding diaryl/α,β-unsaturated/α-hetero) is 1. The van der Waals surface area contributed by atoms with E-state index in [-0.39, 0.29) is 11.7 Å². The number of allylic oxidation sites excluding steroid dienone is 1. The molecule has 1 nitrogen and oxygen atoms in total. The Morgan fingerprint density at radius 3 is 2.43 bits per heavy atom. The van der Waals surface area contributed by atoms with Crippen molar-refractivity contribution in [1.82, 2.24) is 0 Å². The lowest BCUT2D eigenvalue weighted by Gasteiger charge is -2.16. The zero-order valence-electron chi connectivity index (χ0n) is 9.25. The first kappa shape index (κ1) is 9.95. The second kappa shape index (κ2) is 3.52. The lowest BCUT2D eigenvalue weighted by atomic mass is 9.88. The maximum absolute atomic E-state index is 11.6. The molecule has 2 aliphatic carbocycles.